The summed E-state index contributed by atoms with van der Waals surface area (Å²) in [5.41, 5.74) is 0.713. The Morgan fingerprint density at radius 3 is 2.41 bits per heavy atom. The van der Waals surface area contributed by atoms with Crippen molar-refractivity contribution in [3.8, 4) is 0 Å². The Balaban J connectivity index is 1.74. The highest BCUT2D eigenvalue weighted by molar-refractivity contribution is 7.91. The summed E-state index contributed by atoms with van der Waals surface area (Å²) < 4.78 is 28.6. The molecule has 0 spiro atoms. The van der Waals surface area contributed by atoms with Crippen LogP contribution in [0.5, 0.6) is 0 Å². The predicted molar refractivity (Wildman–Crippen MR) is 128 cm³/mol. The van der Waals surface area contributed by atoms with Crippen molar-refractivity contribution in [1.82, 2.24) is 19.9 Å². The van der Waals surface area contributed by atoms with E-state index in [4.69, 9.17) is 11.6 Å². The first kappa shape index (κ1) is 23.5. The van der Waals surface area contributed by atoms with Crippen LogP contribution >= 0.6 is 11.6 Å². The molecule has 0 saturated carbocycles. The van der Waals surface area contributed by atoms with Crippen LogP contribution in [-0.4, -0.2) is 35.4 Å². The number of carbonyl (C=O) groups is 1. The summed E-state index contributed by atoms with van der Waals surface area (Å²) >= 11 is 6.14. The van der Waals surface area contributed by atoms with E-state index in [9.17, 15) is 22.8 Å². The van der Waals surface area contributed by atoms with Gasteiger partial charge >= 0.3 is 5.69 Å². The van der Waals surface area contributed by atoms with E-state index in [1.165, 1.54) is 22.9 Å². The number of halogens is 1. The van der Waals surface area contributed by atoms with Gasteiger partial charge in [-0.25, -0.2) is 13.2 Å². The molecule has 2 aromatic heterocycles. The standard InChI is InChI=1S/C23H21ClN4O5S/c1-13-9-14(2)11-16(10-13)34(32,33)21-17-12-15(24)3-4-18(17)26-20(21)22(30)25-6-8-28-7-5-19(29)27-23(28)31/h3-5,7,9-12,26H,6,8H2,1-2H3,(H,25,30)(H,27,29,31). The second kappa shape index (κ2) is 8.96. The molecule has 0 aliphatic rings. The molecule has 11 heteroatoms. The second-order valence-electron chi connectivity index (χ2n) is 7.91. The highest BCUT2D eigenvalue weighted by Crippen LogP contribution is 2.34. The molecule has 0 radical (unpaired) electrons. The molecule has 2 aromatic carbocycles. The van der Waals surface area contributed by atoms with Crippen LogP contribution in [0, 0.1) is 13.8 Å². The average Bonchev–Trinajstić information content (AvgIpc) is 3.14. The molecule has 0 fully saturated rings. The number of H-pyrrole nitrogens is 2. The maximum absolute atomic E-state index is 13.7. The van der Waals surface area contributed by atoms with E-state index in [0.717, 1.165) is 11.1 Å². The van der Waals surface area contributed by atoms with Crippen LogP contribution < -0.4 is 16.6 Å². The van der Waals surface area contributed by atoms with Gasteiger partial charge in [0.2, 0.25) is 9.84 Å². The predicted octanol–water partition coefficient (Wildman–Crippen LogP) is 2.55. The van der Waals surface area contributed by atoms with Crippen LogP contribution in [0.15, 0.2) is 68.0 Å². The summed E-state index contributed by atoms with van der Waals surface area (Å²) in [5.74, 6) is -0.659. The van der Waals surface area contributed by atoms with Crippen LogP contribution in [0.2, 0.25) is 5.02 Å². The van der Waals surface area contributed by atoms with E-state index in [1.807, 2.05) is 6.07 Å². The van der Waals surface area contributed by atoms with Gasteiger partial charge in [-0.05, 0) is 55.3 Å². The van der Waals surface area contributed by atoms with Crippen molar-refractivity contribution in [2.75, 3.05) is 6.54 Å². The van der Waals surface area contributed by atoms with Gasteiger partial charge in [0.1, 0.15) is 10.6 Å². The number of aryl methyl sites for hydroxylation is 2. The van der Waals surface area contributed by atoms with E-state index in [-0.39, 0.29) is 28.6 Å². The summed E-state index contributed by atoms with van der Waals surface area (Å²) in [6, 6.07) is 10.9. The number of sulfone groups is 1. The topological polar surface area (TPSA) is 134 Å². The molecular formula is C23H21ClN4O5S. The number of nitrogens with zero attached hydrogens (tertiary/aromatic N) is 1. The Bertz CT molecular complexity index is 1630. The number of hydrogen-bond donors (Lipinski definition) is 3. The van der Waals surface area contributed by atoms with Gasteiger partial charge in [0.15, 0.2) is 0 Å². The fraction of sp³-hybridized carbons (Fsp3) is 0.174. The van der Waals surface area contributed by atoms with E-state index < -0.39 is 27.0 Å². The number of aromatic amines is 2. The average molecular weight is 501 g/mol. The van der Waals surface area contributed by atoms with Crippen molar-refractivity contribution in [3.63, 3.8) is 0 Å². The van der Waals surface area contributed by atoms with Gasteiger partial charge in [-0.3, -0.25) is 19.1 Å². The largest absolute Gasteiger partial charge is 0.349 e. The van der Waals surface area contributed by atoms with E-state index in [2.05, 4.69) is 15.3 Å². The van der Waals surface area contributed by atoms with Crippen molar-refractivity contribution in [2.45, 2.75) is 30.2 Å². The van der Waals surface area contributed by atoms with E-state index in [0.29, 0.717) is 15.9 Å². The zero-order valence-electron chi connectivity index (χ0n) is 18.3. The highest BCUT2D eigenvalue weighted by atomic mass is 35.5. The van der Waals surface area contributed by atoms with Crippen molar-refractivity contribution in [3.05, 3.63) is 91.3 Å². The molecule has 34 heavy (non-hydrogen) atoms. The smallest absolute Gasteiger partial charge is 0.328 e. The van der Waals surface area contributed by atoms with E-state index in [1.54, 1.807) is 38.1 Å². The Kier molecular flexibility index (Phi) is 6.20. The maximum Gasteiger partial charge on any atom is 0.328 e. The third kappa shape index (κ3) is 4.55. The molecule has 1 amide bonds. The Hall–Kier alpha value is -3.63. The van der Waals surface area contributed by atoms with Gasteiger partial charge in [0.05, 0.1) is 4.90 Å². The van der Waals surface area contributed by atoms with Crippen molar-refractivity contribution < 1.29 is 13.2 Å². The van der Waals surface area contributed by atoms with Gasteiger partial charge < -0.3 is 10.3 Å². The molecule has 2 heterocycles. The van der Waals surface area contributed by atoms with Crippen LogP contribution in [0.1, 0.15) is 21.6 Å². The molecule has 0 atom stereocenters. The first-order valence-corrected chi connectivity index (χ1v) is 12.1. The number of fused-ring (bicyclic) bond motifs is 1. The minimum atomic E-state index is -4.09. The molecule has 0 unspecified atom stereocenters. The number of nitrogens with one attached hydrogen (secondary N) is 3. The van der Waals surface area contributed by atoms with E-state index >= 15 is 0 Å². The van der Waals surface area contributed by atoms with Crippen molar-refractivity contribution in [1.29, 1.82) is 0 Å². The van der Waals surface area contributed by atoms with Crippen molar-refractivity contribution >= 4 is 38.2 Å². The number of hydrogen-bond acceptors (Lipinski definition) is 5. The molecule has 0 bridgehead atoms. The summed E-state index contributed by atoms with van der Waals surface area (Å²) in [7, 11) is -4.09. The molecule has 176 valence electrons. The molecule has 0 aliphatic heterocycles. The Labute approximate surface area is 199 Å². The van der Waals surface area contributed by atoms with Crippen molar-refractivity contribution in [2.24, 2.45) is 0 Å². The Morgan fingerprint density at radius 2 is 1.74 bits per heavy atom. The number of carbonyl (C=O) groups excluding carboxylic acids is 1. The molecule has 9 nitrogen and oxygen atoms in total. The van der Waals surface area contributed by atoms with Gasteiger partial charge in [-0.15, -0.1) is 0 Å². The molecule has 4 aromatic rings. The fourth-order valence-electron chi connectivity index (χ4n) is 3.78. The van der Waals surface area contributed by atoms with Crippen LogP contribution in [0.3, 0.4) is 0 Å². The lowest BCUT2D eigenvalue weighted by atomic mass is 10.2. The number of benzene rings is 2. The summed E-state index contributed by atoms with van der Waals surface area (Å²) in [6.07, 6.45) is 1.31. The van der Waals surface area contributed by atoms with Gasteiger partial charge in [0.25, 0.3) is 11.5 Å². The first-order valence-electron chi connectivity index (χ1n) is 10.3. The van der Waals surface area contributed by atoms with Gasteiger partial charge in [-0.2, -0.15) is 0 Å². The number of rotatable bonds is 6. The number of amides is 1. The highest BCUT2D eigenvalue weighted by Gasteiger charge is 2.30. The number of aromatic nitrogens is 3. The van der Waals surface area contributed by atoms with Gasteiger partial charge in [-0.1, -0.05) is 17.7 Å². The molecular weight excluding hydrogens is 480 g/mol. The lowest BCUT2D eigenvalue weighted by Gasteiger charge is -2.10. The molecule has 4 rings (SSSR count). The van der Waals surface area contributed by atoms with Crippen LogP contribution in [-0.2, 0) is 16.4 Å². The summed E-state index contributed by atoms with van der Waals surface area (Å²) in [5, 5.41) is 3.26. The molecule has 0 aliphatic carbocycles. The van der Waals surface area contributed by atoms with Gasteiger partial charge in [0, 0.05) is 41.3 Å². The quantitative estimate of drug-likeness (QED) is 0.374. The fourth-order valence-corrected chi connectivity index (χ4v) is 5.74. The lowest BCUT2D eigenvalue weighted by molar-refractivity contribution is 0.0944. The molecule has 0 saturated heterocycles. The third-order valence-electron chi connectivity index (χ3n) is 5.25. The Morgan fingerprint density at radius 1 is 1.03 bits per heavy atom. The minimum Gasteiger partial charge on any atom is -0.349 e. The monoisotopic (exact) mass is 500 g/mol. The normalized spacial score (nSPS) is 11.6. The van der Waals surface area contributed by atoms with Crippen LogP contribution in [0.25, 0.3) is 10.9 Å². The third-order valence-corrected chi connectivity index (χ3v) is 7.30. The zero-order valence-corrected chi connectivity index (χ0v) is 19.9. The zero-order chi connectivity index (χ0) is 24.6. The molecule has 3 N–H and O–H groups in total. The SMILES string of the molecule is Cc1cc(C)cc(S(=O)(=O)c2c(C(=O)NCCn3ccc(=O)[nH]c3=O)[nH]c3ccc(Cl)cc23)c1. The maximum atomic E-state index is 13.7. The summed E-state index contributed by atoms with van der Waals surface area (Å²) in [4.78, 5) is 41.0. The minimum absolute atomic E-state index is 0.0178. The lowest BCUT2D eigenvalue weighted by Crippen LogP contribution is -2.34. The van der Waals surface area contributed by atoms with Crippen LogP contribution in [0.4, 0.5) is 0 Å². The second-order valence-corrected chi connectivity index (χ2v) is 10.2. The summed E-state index contributed by atoms with van der Waals surface area (Å²) in [6.45, 7) is 3.69. The first-order chi connectivity index (χ1) is 16.1.